The highest BCUT2D eigenvalue weighted by atomic mass is 16.6. The molecule has 6 aromatic rings. The van der Waals surface area contributed by atoms with Crippen molar-refractivity contribution >= 4 is 0 Å². The van der Waals surface area contributed by atoms with E-state index < -0.39 is 12.2 Å². The number of pyridine rings is 2. The number of hydrogen-bond donors (Lipinski definition) is 2. The van der Waals surface area contributed by atoms with Crippen LogP contribution < -0.4 is 20.9 Å². The molecule has 4 aliphatic rings. The van der Waals surface area contributed by atoms with Crippen LogP contribution in [-0.2, 0) is 51.3 Å². The lowest BCUT2D eigenvalue weighted by molar-refractivity contribution is -0.102. The topological polar surface area (TPSA) is 191 Å². The molecule has 16 nitrogen and oxygen atoms in total. The summed E-state index contributed by atoms with van der Waals surface area (Å²) in [6, 6.07) is 23.0. The molecular formula is C50H50N6O10. The first-order chi connectivity index (χ1) is 32.3. The first-order valence-corrected chi connectivity index (χ1v) is 22.2. The molecule has 0 bridgehead atoms. The quantitative estimate of drug-likeness (QED) is 0.177. The van der Waals surface area contributed by atoms with Crippen molar-refractivity contribution in [3.8, 4) is 46.1 Å². The van der Waals surface area contributed by atoms with E-state index in [4.69, 9.17) is 28.4 Å². The monoisotopic (exact) mass is 894 g/mol. The Labute approximate surface area is 380 Å². The van der Waals surface area contributed by atoms with E-state index in [2.05, 4.69) is 43.9 Å². The van der Waals surface area contributed by atoms with Gasteiger partial charge in [0.25, 0.3) is 0 Å². The molecule has 4 aromatic heterocycles. The normalized spacial score (nSPS) is 18.0. The Morgan fingerprint density at radius 2 is 1.27 bits per heavy atom. The van der Waals surface area contributed by atoms with Crippen molar-refractivity contribution in [3.63, 3.8) is 0 Å². The predicted octanol–water partition coefficient (Wildman–Crippen LogP) is 4.06. The Balaban J connectivity index is 0.000000166. The summed E-state index contributed by atoms with van der Waals surface area (Å²) in [5.74, 6) is 6.48. The van der Waals surface area contributed by atoms with Gasteiger partial charge in [-0.15, -0.1) is 0 Å². The molecule has 2 aromatic carbocycles. The maximum Gasteiger partial charge on any atom is 0.351 e. The number of aliphatic hydroxyl groups excluding tert-OH is 2. The van der Waals surface area contributed by atoms with Crippen molar-refractivity contribution in [2.24, 2.45) is 0 Å². The van der Waals surface area contributed by atoms with Crippen molar-refractivity contribution in [1.82, 2.24) is 29.1 Å². The van der Waals surface area contributed by atoms with Gasteiger partial charge in [-0.05, 0) is 72.2 Å². The molecule has 340 valence electrons. The SMILES string of the molecule is O=c1nc(OCC2COCCO2)cc2n1CCc1cc(C#CC(O)c3cccnc3)ccc1-2.O=c1nc(OCC2COCCO2)cc2n1CCc1cc(CCC(O)c3cccnc3)ccc1-2. The standard InChI is InChI=1S/C25H27N3O5.C25H23N3O5/c2*29-23(19-2-1-8-26-14-19)6-4-17-3-5-21-18(12-17)7-9-28-22(21)13-24(27-25(28)30)33-16-20-15-31-10-11-32-20/h1-3,5,8,12-14,20,23,29H,4,6-7,9-11,15-16H2;1-3,5,8,12-14,20,23,29H,7,9-11,15-16H2. The average molecular weight is 895 g/mol. The first kappa shape index (κ1) is 44.6. The zero-order valence-electron chi connectivity index (χ0n) is 36.3. The lowest BCUT2D eigenvalue weighted by Gasteiger charge is -2.24. The Bertz CT molecular complexity index is 2800. The maximum absolute atomic E-state index is 12.6. The molecule has 0 spiro atoms. The molecule has 0 amide bonds. The van der Waals surface area contributed by atoms with Gasteiger partial charge >= 0.3 is 11.4 Å². The number of benzene rings is 2. The average Bonchev–Trinajstić information content (AvgIpc) is 3.37. The Morgan fingerprint density at radius 1 is 0.697 bits per heavy atom. The second-order valence-electron chi connectivity index (χ2n) is 16.2. The number of ether oxygens (including phenoxy) is 6. The molecule has 0 aliphatic carbocycles. The second kappa shape index (κ2) is 21.2. The van der Waals surface area contributed by atoms with E-state index >= 15 is 0 Å². The van der Waals surface area contributed by atoms with Gasteiger partial charge in [-0.2, -0.15) is 9.97 Å². The first-order valence-electron chi connectivity index (χ1n) is 22.2. The fourth-order valence-corrected chi connectivity index (χ4v) is 8.29. The zero-order valence-corrected chi connectivity index (χ0v) is 36.3. The van der Waals surface area contributed by atoms with Gasteiger partial charge in [-0.1, -0.05) is 48.2 Å². The van der Waals surface area contributed by atoms with Crippen molar-refractivity contribution < 1.29 is 38.6 Å². The molecule has 8 heterocycles. The van der Waals surface area contributed by atoms with Crippen LogP contribution in [0.2, 0.25) is 0 Å². The van der Waals surface area contributed by atoms with Crippen molar-refractivity contribution in [1.29, 1.82) is 0 Å². The van der Waals surface area contributed by atoms with E-state index in [1.54, 1.807) is 52.1 Å². The maximum atomic E-state index is 12.6. The smallest absolute Gasteiger partial charge is 0.351 e. The minimum atomic E-state index is -0.904. The molecule has 0 radical (unpaired) electrons. The van der Waals surface area contributed by atoms with Gasteiger partial charge in [0.15, 0.2) is 0 Å². The van der Waals surface area contributed by atoms with Crippen LogP contribution in [0.25, 0.3) is 22.5 Å². The van der Waals surface area contributed by atoms with Crippen LogP contribution in [-0.4, -0.2) is 104 Å². The highest BCUT2D eigenvalue weighted by Gasteiger charge is 2.23. The third kappa shape index (κ3) is 10.9. The largest absolute Gasteiger partial charge is 0.475 e. The van der Waals surface area contributed by atoms with Crippen LogP contribution >= 0.6 is 0 Å². The van der Waals surface area contributed by atoms with Crippen LogP contribution in [0.3, 0.4) is 0 Å². The van der Waals surface area contributed by atoms with Gasteiger partial charge in [-0.25, -0.2) is 9.59 Å². The second-order valence-corrected chi connectivity index (χ2v) is 16.2. The lowest BCUT2D eigenvalue weighted by atomic mass is 9.93. The summed E-state index contributed by atoms with van der Waals surface area (Å²) in [7, 11) is 0. The molecule has 0 saturated carbocycles. The van der Waals surface area contributed by atoms with E-state index in [1.165, 1.54) is 5.56 Å². The minimum Gasteiger partial charge on any atom is -0.475 e. The molecule has 4 atom stereocenters. The van der Waals surface area contributed by atoms with Crippen LogP contribution in [0.5, 0.6) is 11.8 Å². The van der Waals surface area contributed by atoms with E-state index in [0.29, 0.717) is 83.6 Å². The van der Waals surface area contributed by atoms with Crippen molar-refractivity contribution in [2.45, 2.75) is 63.2 Å². The Morgan fingerprint density at radius 3 is 1.83 bits per heavy atom. The number of fused-ring (bicyclic) bond motifs is 6. The molecule has 10 rings (SSSR count). The van der Waals surface area contributed by atoms with E-state index in [1.807, 2.05) is 42.5 Å². The molecule has 66 heavy (non-hydrogen) atoms. The molecule has 16 heteroatoms. The number of hydrogen-bond acceptors (Lipinski definition) is 14. The summed E-state index contributed by atoms with van der Waals surface area (Å²) < 4.78 is 36.8. The Kier molecular flexibility index (Phi) is 14.3. The summed E-state index contributed by atoms with van der Waals surface area (Å²) in [5.41, 5.74) is 8.60. The van der Waals surface area contributed by atoms with Crippen LogP contribution in [0.15, 0.2) is 107 Å². The summed E-state index contributed by atoms with van der Waals surface area (Å²) in [4.78, 5) is 41.4. The lowest BCUT2D eigenvalue weighted by Crippen LogP contribution is -2.34. The van der Waals surface area contributed by atoms with E-state index in [9.17, 15) is 19.8 Å². The summed E-state index contributed by atoms with van der Waals surface area (Å²) >= 11 is 0. The van der Waals surface area contributed by atoms with Gasteiger partial charge in [0.1, 0.15) is 31.5 Å². The van der Waals surface area contributed by atoms with Gasteiger partial charge in [0.2, 0.25) is 11.8 Å². The van der Waals surface area contributed by atoms with Crippen molar-refractivity contribution in [2.75, 3.05) is 52.9 Å². The zero-order chi connectivity index (χ0) is 45.2. The molecule has 2 N–H and O–H groups in total. The number of aryl methyl sites for hydroxylation is 3. The Hall–Kier alpha value is -6.58. The molecule has 2 fully saturated rings. The molecule has 4 aliphatic heterocycles. The summed E-state index contributed by atoms with van der Waals surface area (Å²) in [5, 5.41) is 20.7. The molecule has 4 unspecified atom stereocenters. The number of aliphatic hydroxyl groups is 2. The third-order valence-corrected chi connectivity index (χ3v) is 11.7. The summed E-state index contributed by atoms with van der Waals surface area (Å²) in [6.45, 7) is 4.87. The number of nitrogens with zero attached hydrogens (tertiary/aromatic N) is 6. The molecule has 2 saturated heterocycles. The van der Waals surface area contributed by atoms with E-state index in [0.717, 1.165) is 57.6 Å². The van der Waals surface area contributed by atoms with Gasteiger partial charge in [0, 0.05) is 72.3 Å². The van der Waals surface area contributed by atoms with E-state index in [-0.39, 0.29) is 36.1 Å². The number of aromatic nitrogens is 6. The number of rotatable bonds is 11. The van der Waals surface area contributed by atoms with Crippen LogP contribution in [0, 0.1) is 11.8 Å². The molecular weight excluding hydrogens is 845 g/mol. The fourth-order valence-electron chi connectivity index (χ4n) is 8.29. The highest BCUT2D eigenvalue weighted by molar-refractivity contribution is 5.68. The summed E-state index contributed by atoms with van der Waals surface area (Å²) in [6.07, 6.45) is 7.71. The van der Waals surface area contributed by atoms with Crippen LogP contribution in [0.4, 0.5) is 0 Å². The van der Waals surface area contributed by atoms with Gasteiger partial charge in [0.05, 0.1) is 57.1 Å². The minimum absolute atomic E-state index is 0.156. The van der Waals surface area contributed by atoms with Crippen LogP contribution in [0.1, 0.15) is 52.0 Å². The van der Waals surface area contributed by atoms with Gasteiger partial charge in [-0.3, -0.25) is 19.1 Å². The van der Waals surface area contributed by atoms with Crippen molar-refractivity contribution in [3.05, 3.63) is 152 Å². The highest BCUT2D eigenvalue weighted by Crippen LogP contribution is 2.32. The fraction of sp³-hybridized carbons (Fsp3) is 0.360. The van der Waals surface area contributed by atoms with Gasteiger partial charge < -0.3 is 38.6 Å². The third-order valence-electron chi connectivity index (χ3n) is 11.7. The predicted molar refractivity (Wildman–Crippen MR) is 241 cm³/mol.